The third-order valence-electron chi connectivity index (χ3n) is 0. The van der Waals surface area contributed by atoms with Crippen molar-refractivity contribution in [2.45, 2.75) is 0 Å². The lowest BCUT2D eigenvalue weighted by atomic mass is 11.6. The van der Waals surface area contributed by atoms with Crippen molar-refractivity contribution >= 4 is 32.3 Å². The van der Waals surface area contributed by atoms with Gasteiger partial charge >= 0.3 is 0 Å². The van der Waals surface area contributed by atoms with E-state index < -0.39 is 0 Å². The molecule has 0 aromatic heterocycles. The lowest BCUT2D eigenvalue weighted by molar-refractivity contribution is 1.01. The van der Waals surface area contributed by atoms with E-state index in [4.69, 9.17) is 0 Å². The van der Waals surface area contributed by atoms with Crippen LogP contribution in [0, 0.1) is 0 Å². The minimum absolute atomic E-state index is 1.62. The van der Waals surface area contributed by atoms with Crippen molar-refractivity contribution in [2.75, 3.05) is 7.05 Å². The number of nitrogens with zero attached hydrogens (tertiary/aromatic N) is 1. The monoisotopic (exact) mass is 187 g/mol. The van der Waals surface area contributed by atoms with Gasteiger partial charge in [-0.05, 0) is 0 Å². The normalized spacial score (nSPS) is 9.00. The van der Waals surface area contributed by atoms with Crippen molar-refractivity contribution in [3.05, 3.63) is 0 Å². The van der Waals surface area contributed by atoms with E-state index in [1.165, 1.54) is 0 Å². The Labute approximate surface area is 42.7 Å². The maximum atomic E-state index is 3.02. The van der Waals surface area contributed by atoms with E-state index in [0.29, 0.717) is 0 Å². The molecule has 0 heterocycles. The Balaban J connectivity index is 2.32. The topological polar surface area (TPSA) is 3.24 Å². The van der Waals surface area contributed by atoms with E-state index in [0.717, 1.165) is 0 Å². The van der Waals surface area contributed by atoms with Crippen LogP contribution in [0.1, 0.15) is 0 Å². The molecule has 0 N–H and O–H groups in total. The van der Waals surface area contributed by atoms with Gasteiger partial charge in [0, 0.05) is 39.3 Å². The summed E-state index contributed by atoms with van der Waals surface area (Å²) >= 11 is 6.04. The van der Waals surface area contributed by atoms with Gasteiger partial charge in [0.25, 0.3) is 0 Å². The van der Waals surface area contributed by atoms with Crippen LogP contribution in [0.15, 0.2) is 0 Å². The zero-order valence-corrected chi connectivity index (χ0v) is 5.38. The summed E-state index contributed by atoms with van der Waals surface area (Å²) in [7, 11) is 1.83. The molecule has 0 radical (unpaired) electrons. The first-order chi connectivity index (χ1) is 1.73. The molecule has 0 saturated carbocycles. The van der Waals surface area contributed by atoms with Crippen LogP contribution in [0.5, 0.6) is 0 Å². The Bertz CT molecular complexity index is 10.8. The van der Waals surface area contributed by atoms with Gasteiger partial charge in [0.15, 0.2) is 0 Å². The molecule has 0 aliphatic carbocycles. The van der Waals surface area contributed by atoms with Crippen LogP contribution in [-0.4, -0.2) is 10.00 Å². The van der Waals surface area contributed by atoms with Crippen molar-refractivity contribution in [3.63, 3.8) is 0 Å². The van der Waals surface area contributed by atoms with Crippen molar-refractivity contribution in [3.8, 4) is 0 Å². The number of hydrogen-bond donors (Lipinski definition) is 0. The summed E-state index contributed by atoms with van der Waals surface area (Å²) < 4.78 is 1.62. The molecular weight excluding hydrogens is 186 g/mol. The van der Waals surface area contributed by atoms with Gasteiger partial charge in [0.05, 0.1) is 0 Å². The zero-order chi connectivity index (χ0) is 3.58. The molecule has 0 aromatic carbocycles. The highest BCUT2D eigenvalue weighted by Crippen LogP contribution is 1.95. The first kappa shape index (κ1) is 4.92. The quantitative estimate of drug-likeness (QED) is 0.522. The first-order valence-electron chi connectivity index (χ1n) is 0.785. The van der Waals surface area contributed by atoms with Crippen LogP contribution >= 0.6 is 32.3 Å². The van der Waals surface area contributed by atoms with Gasteiger partial charge in [-0.15, -0.1) is 0 Å². The molecule has 1 nitrogen and oxygen atoms in total. The van der Waals surface area contributed by atoms with E-state index in [1.807, 2.05) is 7.05 Å². The van der Waals surface area contributed by atoms with E-state index >= 15 is 0 Å². The van der Waals surface area contributed by atoms with Crippen molar-refractivity contribution in [1.82, 2.24) is 2.95 Å². The SMILES string of the molecule is CN(Br)Br. The predicted molar refractivity (Wildman–Crippen MR) is 25.6 cm³/mol. The molecule has 0 rings (SSSR count). The molecule has 0 unspecified atom stereocenters. The molecule has 4 heavy (non-hydrogen) atoms. The van der Waals surface area contributed by atoms with E-state index in [-0.39, 0.29) is 0 Å². The second-order valence-corrected chi connectivity index (χ2v) is 3.48. The Kier molecular flexibility index (Phi) is 2.68. The number of hydrogen-bond acceptors (Lipinski definition) is 1. The smallest absolute Gasteiger partial charge is 0.0236 e. The second-order valence-electron chi connectivity index (χ2n) is 0.402. The summed E-state index contributed by atoms with van der Waals surface area (Å²) in [6.07, 6.45) is 0. The molecule has 0 aliphatic heterocycles. The van der Waals surface area contributed by atoms with Gasteiger partial charge in [0.1, 0.15) is 0 Å². The summed E-state index contributed by atoms with van der Waals surface area (Å²) in [6.45, 7) is 0. The van der Waals surface area contributed by atoms with Gasteiger partial charge in [-0.25, -0.2) is 0 Å². The summed E-state index contributed by atoms with van der Waals surface area (Å²) in [4.78, 5) is 0. The third kappa shape index (κ3) is 12.7. The predicted octanol–water partition coefficient (Wildman–Crippen LogP) is 1.54. The molecule has 0 aromatic rings. The Morgan fingerprint density at radius 3 is 1.50 bits per heavy atom. The van der Waals surface area contributed by atoms with Crippen molar-refractivity contribution in [2.24, 2.45) is 0 Å². The maximum Gasteiger partial charge on any atom is 0.0236 e. The summed E-state index contributed by atoms with van der Waals surface area (Å²) in [5.74, 6) is 0. The molecule has 0 amide bonds. The van der Waals surface area contributed by atoms with Crippen LogP contribution in [0.3, 0.4) is 0 Å². The Morgan fingerprint density at radius 1 is 1.50 bits per heavy atom. The number of halogens is 2. The fourth-order valence-electron chi connectivity index (χ4n) is 0. The fraction of sp³-hybridized carbons (Fsp3) is 1.00. The average molecular weight is 189 g/mol. The van der Waals surface area contributed by atoms with E-state index in [1.54, 1.807) is 2.95 Å². The number of rotatable bonds is 0. The summed E-state index contributed by atoms with van der Waals surface area (Å²) in [5.41, 5.74) is 0. The second kappa shape index (κ2) is 2.18. The van der Waals surface area contributed by atoms with Gasteiger partial charge in [-0.3, -0.25) is 0 Å². The van der Waals surface area contributed by atoms with Crippen LogP contribution < -0.4 is 0 Å². The molecular formula is CH3Br2N. The van der Waals surface area contributed by atoms with Crippen LogP contribution in [-0.2, 0) is 0 Å². The Hall–Kier alpha value is 0.920. The lowest BCUT2D eigenvalue weighted by Gasteiger charge is -1.81. The lowest BCUT2D eigenvalue weighted by Crippen LogP contribution is -1.74. The van der Waals surface area contributed by atoms with Gasteiger partial charge in [-0.1, -0.05) is 0 Å². The Morgan fingerprint density at radius 2 is 1.50 bits per heavy atom. The minimum atomic E-state index is 1.62. The standard InChI is InChI=1S/CH3Br2N/c1-4(2)3/h1H3. The summed E-state index contributed by atoms with van der Waals surface area (Å²) in [6, 6.07) is 0. The van der Waals surface area contributed by atoms with Crippen LogP contribution in [0.4, 0.5) is 0 Å². The fourth-order valence-corrected chi connectivity index (χ4v) is 0. The van der Waals surface area contributed by atoms with Crippen LogP contribution in [0.2, 0.25) is 0 Å². The molecule has 0 aliphatic rings. The van der Waals surface area contributed by atoms with Crippen molar-refractivity contribution < 1.29 is 0 Å². The molecule has 0 fully saturated rings. The molecule has 0 bridgehead atoms. The molecule has 0 spiro atoms. The molecule has 26 valence electrons. The van der Waals surface area contributed by atoms with Gasteiger partial charge in [-0.2, -0.15) is 2.95 Å². The highest BCUT2D eigenvalue weighted by molar-refractivity contribution is 9.21. The van der Waals surface area contributed by atoms with Crippen molar-refractivity contribution in [1.29, 1.82) is 0 Å². The third-order valence-corrected chi connectivity index (χ3v) is 0. The molecule has 0 saturated heterocycles. The summed E-state index contributed by atoms with van der Waals surface area (Å²) in [5, 5.41) is 0. The highest BCUT2D eigenvalue weighted by atomic mass is 79.9. The van der Waals surface area contributed by atoms with Gasteiger partial charge in [0.2, 0.25) is 0 Å². The van der Waals surface area contributed by atoms with E-state index in [9.17, 15) is 0 Å². The van der Waals surface area contributed by atoms with Gasteiger partial charge < -0.3 is 0 Å². The largest absolute Gasteiger partial charge is 0.181 e. The van der Waals surface area contributed by atoms with E-state index in [2.05, 4.69) is 32.3 Å². The molecule has 3 heteroatoms. The average Bonchev–Trinajstić information content (AvgIpc) is 0.811. The zero-order valence-electron chi connectivity index (χ0n) is 2.20. The molecule has 0 atom stereocenters. The first-order valence-corrected chi connectivity index (χ1v) is 2.20. The highest BCUT2D eigenvalue weighted by Gasteiger charge is 1.66. The minimum Gasteiger partial charge on any atom is -0.181 e. The van der Waals surface area contributed by atoms with Crippen LogP contribution in [0.25, 0.3) is 0 Å². The maximum absolute atomic E-state index is 3.02.